The van der Waals surface area contributed by atoms with Crippen LogP contribution in [0.2, 0.25) is 0 Å². The van der Waals surface area contributed by atoms with E-state index in [1.807, 2.05) is 23.6 Å². The minimum Gasteiger partial charge on any atom is -0.435 e. The third-order valence-electron chi connectivity index (χ3n) is 2.59. The lowest BCUT2D eigenvalue weighted by atomic mass is 10.1. The maximum atomic E-state index is 5.71. The molecule has 2 aromatic heterocycles. The normalized spacial score (nSPS) is 11.1. The lowest BCUT2D eigenvalue weighted by Crippen LogP contribution is -1.78. The molecule has 80 valence electrons. The van der Waals surface area contributed by atoms with E-state index in [2.05, 4.69) is 24.0 Å². The maximum Gasteiger partial charge on any atom is 0.237 e. The van der Waals surface area contributed by atoms with Gasteiger partial charge in [-0.1, -0.05) is 19.1 Å². The van der Waals surface area contributed by atoms with Crippen molar-refractivity contribution in [3.05, 3.63) is 41.3 Å². The van der Waals surface area contributed by atoms with E-state index in [4.69, 9.17) is 4.42 Å². The zero-order chi connectivity index (χ0) is 11.0. The maximum absolute atomic E-state index is 5.71. The second kappa shape index (κ2) is 3.76. The highest BCUT2D eigenvalue weighted by Crippen LogP contribution is 2.27. The van der Waals surface area contributed by atoms with Gasteiger partial charge in [0.15, 0.2) is 5.58 Å². The van der Waals surface area contributed by atoms with Gasteiger partial charge in [-0.15, -0.1) is 11.3 Å². The number of oxazole rings is 1. The van der Waals surface area contributed by atoms with Crippen LogP contribution in [0, 0.1) is 0 Å². The van der Waals surface area contributed by atoms with E-state index >= 15 is 0 Å². The van der Waals surface area contributed by atoms with Crippen molar-refractivity contribution < 1.29 is 4.42 Å². The highest BCUT2D eigenvalue weighted by atomic mass is 32.1. The first-order valence-electron chi connectivity index (χ1n) is 5.30. The Bertz CT molecular complexity index is 610. The molecule has 0 unspecified atom stereocenters. The predicted octanol–water partition coefficient (Wildman–Crippen LogP) is 4.12. The summed E-state index contributed by atoms with van der Waals surface area (Å²) >= 11 is 1.64. The molecule has 0 saturated heterocycles. The van der Waals surface area contributed by atoms with Gasteiger partial charge in [-0.25, -0.2) is 4.98 Å². The van der Waals surface area contributed by atoms with Crippen LogP contribution < -0.4 is 0 Å². The molecular formula is C13H11NOS. The summed E-state index contributed by atoms with van der Waals surface area (Å²) in [6, 6.07) is 10.2. The molecule has 0 spiro atoms. The Balaban J connectivity index is 2.16. The van der Waals surface area contributed by atoms with Gasteiger partial charge in [0.2, 0.25) is 5.89 Å². The zero-order valence-electron chi connectivity index (χ0n) is 8.93. The van der Waals surface area contributed by atoms with E-state index in [1.165, 1.54) is 5.56 Å². The number of thiophene rings is 1. The van der Waals surface area contributed by atoms with Gasteiger partial charge in [0.1, 0.15) is 5.52 Å². The molecule has 0 saturated carbocycles. The quantitative estimate of drug-likeness (QED) is 0.660. The first-order valence-corrected chi connectivity index (χ1v) is 6.18. The van der Waals surface area contributed by atoms with Crippen LogP contribution in [-0.2, 0) is 6.42 Å². The van der Waals surface area contributed by atoms with Crippen LogP contribution in [0.1, 0.15) is 12.5 Å². The Morgan fingerprint density at radius 1 is 1.31 bits per heavy atom. The molecule has 16 heavy (non-hydrogen) atoms. The van der Waals surface area contributed by atoms with Crippen LogP contribution >= 0.6 is 11.3 Å². The van der Waals surface area contributed by atoms with Crippen LogP contribution in [0.4, 0.5) is 0 Å². The molecule has 0 aliphatic rings. The molecule has 0 atom stereocenters. The van der Waals surface area contributed by atoms with E-state index in [-0.39, 0.29) is 0 Å². The van der Waals surface area contributed by atoms with Crippen molar-refractivity contribution >= 4 is 22.4 Å². The summed E-state index contributed by atoms with van der Waals surface area (Å²) in [5.41, 5.74) is 3.10. The number of hydrogen-bond acceptors (Lipinski definition) is 3. The van der Waals surface area contributed by atoms with Gasteiger partial charge >= 0.3 is 0 Å². The van der Waals surface area contributed by atoms with E-state index in [9.17, 15) is 0 Å². The summed E-state index contributed by atoms with van der Waals surface area (Å²) < 4.78 is 5.71. The Hall–Kier alpha value is -1.61. The van der Waals surface area contributed by atoms with Gasteiger partial charge in [-0.3, -0.25) is 0 Å². The van der Waals surface area contributed by atoms with E-state index in [0.29, 0.717) is 0 Å². The molecule has 0 N–H and O–H groups in total. The zero-order valence-corrected chi connectivity index (χ0v) is 9.75. The topological polar surface area (TPSA) is 26.0 Å². The van der Waals surface area contributed by atoms with Gasteiger partial charge in [0, 0.05) is 0 Å². The second-order valence-corrected chi connectivity index (χ2v) is 4.60. The molecule has 3 rings (SSSR count). The number of hydrogen-bond donors (Lipinski definition) is 0. The van der Waals surface area contributed by atoms with Crippen LogP contribution in [-0.4, -0.2) is 4.98 Å². The highest BCUT2D eigenvalue weighted by molar-refractivity contribution is 7.13. The third kappa shape index (κ3) is 1.53. The molecule has 3 heteroatoms. The average Bonchev–Trinajstić information content (AvgIpc) is 2.96. The molecule has 0 bridgehead atoms. The first-order chi connectivity index (χ1) is 7.86. The Labute approximate surface area is 97.6 Å². The minimum atomic E-state index is 0.721. The molecule has 1 aromatic carbocycles. The summed E-state index contributed by atoms with van der Waals surface area (Å²) in [6.07, 6.45) is 1.02. The van der Waals surface area contributed by atoms with Crippen LogP contribution in [0.25, 0.3) is 21.9 Å². The van der Waals surface area contributed by atoms with Gasteiger partial charge in [0.25, 0.3) is 0 Å². The number of fused-ring (bicyclic) bond motifs is 1. The van der Waals surface area contributed by atoms with E-state index < -0.39 is 0 Å². The lowest BCUT2D eigenvalue weighted by Gasteiger charge is -1.92. The third-order valence-corrected chi connectivity index (χ3v) is 3.45. The molecule has 0 fully saturated rings. The lowest BCUT2D eigenvalue weighted by molar-refractivity contribution is 0.621. The average molecular weight is 229 g/mol. The van der Waals surface area contributed by atoms with Crippen molar-refractivity contribution in [1.29, 1.82) is 0 Å². The smallest absolute Gasteiger partial charge is 0.237 e. The molecular weight excluding hydrogens is 218 g/mol. The second-order valence-electron chi connectivity index (χ2n) is 3.65. The Kier molecular flexibility index (Phi) is 2.26. The van der Waals surface area contributed by atoms with Gasteiger partial charge < -0.3 is 4.42 Å². The summed E-state index contributed by atoms with van der Waals surface area (Å²) in [5.74, 6) is 0.721. The fraction of sp³-hybridized carbons (Fsp3) is 0.154. The van der Waals surface area contributed by atoms with E-state index in [0.717, 1.165) is 28.3 Å². The number of aryl methyl sites for hydroxylation is 1. The van der Waals surface area contributed by atoms with Crippen LogP contribution in [0.15, 0.2) is 40.1 Å². The van der Waals surface area contributed by atoms with Crippen molar-refractivity contribution in [3.63, 3.8) is 0 Å². The number of aromatic nitrogens is 1. The molecule has 0 radical (unpaired) electrons. The van der Waals surface area contributed by atoms with Crippen molar-refractivity contribution in [2.75, 3.05) is 0 Å². The summed E-state index contributed by atoms with van der Waals surface area (Å²) in [5, 5.41) is 2.03. The number of nitrogens with zero attached hydrogens (tertiary/aromatic N) is 1. The number of rotatable bonds is 2. The standard InChI is InChI=1S/C13H11NOS/c1-2-9-5-6-11-10(8-9)14-13(15-11)12-4-3-7-16-12/h3-8H,2H2,1H3. The number of benzene rings is 1. The van der Waals surface area contributed by atoms with Crippen molar-refractivity contribution in [2.45, 2.75) is 13.3 Å². The fourth-order valence-corrected chi connectivity index (χ4v) is 2.35. The predicted molar refractivity (Wildman–Crippen MR) is 66.7 cm³/mol. The summed E-state index contributed by atoms with van der Waals surface area (Å²) in [7, 11) is 0. The molecule has 3 aromatic rings. The van der Waals surface area contributed by atoms with Crippen LogP contribution in [0.3, 0.4) is 0 Å². The Morgan fingerprint density at radius 3 is 3.00 bits per heavy atom. The van der Waals surface area contributed by atoms with Crippen molar-refractivity contribution in [2.24, 2.45) is 0 Å². The summed E-state index contributed by atoms with van der Waals surface area (Å²) in [4.78, 5) is 5.59. The molecule has 0 aliphatic carbocycles. The first kappa shape index (κ1) is 9.60. The summed E-state index contributed by atoms with van der Waals surface area (Å²) in [6.45, 7) is 2.14. The monoisotopic (exact) mass is 229 g/mol. The SMILES string of the molecule is CCc1ccc2oc(-c3cccs3)nc2c1. The molecule has 0 aliphatic heterocycles. The van der Waals surface area contributed by atoms with Crippen molar-refractivity contribution in [1.82, 2.24) is 4.98 Å². The fourth-order valence-electron chi connectivity index (χ4n) is 1.70. The molecule has 2 nitrogen and oxygen atoms in total. The van der Waals surface area contributed by atoms with E-state index in [1.54, 1.807) is 11.3 Å². The van der Waals surface area contributed by atoms with Gasteiger partial charge in [0.05, 0.1) is 4.88 Å². The minimum absolute atomic E-state index is 0.721. The largest absolute Gasteiger partial charge is 0.435 e. The van der Waals surface area contributed by atoms with Gasteiger partial charge in [-0.05, 0) is 35.6 Å². The molecule has 0 amide bonds. The van der Waals surface area contributed by atoms with Crippen molar-refractivity contribution in [3.8, 4) is 10.8 Å². The van der Waals surface area contributed by atoms with Gasteiger partial charge in [-0.2, -0.15) is 0 Å². The molecule has 2 heterocycles. The Morgan fingerprint density at radius 2 is 2.25 bits per heavy atom. The van der Waals surface area contributed by atoms with Crippen LogP contribution in [0.5, 0.6) is 0 Å². The highest BCUT2D eigenvalue weighted by Gasteiger charge is 2.08.